The molecule has 0 unspecified atom stereocenters. The second kappa shape index (κ2) is 8.58. The SMILES string of the molecule is CCC(CC)N(CC(=O)c1ccccc1Br)CC(C)C. The number of nitrogens with zero attached hydrogens (tertiary/aromatic N) is 1. The highest BCUT2D eigenvalue weighted by Crippen LogP contribution is 2.18. The third-order valence-electron chi connectivity index (χ3n) is 3.58. The average Bonchev–Trinajstić information content (AvgIpc) is 2.39. The van der Waals surface area contributed by atoms with Crippen molar-refractivity contribution in [2.45, 2.75) is 46.6 Å². The molecule has 2 nitrogen and oxygen atoms in total. The molecule has 0 saturated carbocycles. The molecule has 20 heavy (non-hydrogen) atoms. The zero-order valence-corrected chi connectivity index (χ0v) is 14.6. The van der Waals surface area contributed by atoms with Crippen molar-refractivity contribution in [3.8, 4) is 0 Å². The molecule has 0 radical (unpaired) electrons. The van der Waals surface area contributed by atoms with Crippen LogP contribution in [0.4, 0.5) is 0 Å². The molecular weight excluding hydrogens is 314 g/mol. The summed E-state index contributed by atoms with van der Waals surface area (Å²) in [6.45, 7) is 10.3. The first-order chi connectivity index (χ1) is 9.49. The highest BCUT2D eigenvalue weighted by molar-refractivity contribution is 9.10. The summed E-state index contributed by atoms with van der Waals surface area (Å²) in [5.74, 6) is 0.771. The first kappa shape index (κ1) is 17.4. The third-order valence-corrected chi connectivity index (χ3v) is 4.27. The van der Waals surface area contributed by atoms with Crippen LogP contribution in [-0.2, 0) is 0 Å². The molecule has 0 aliphatic carbocycles. The van der Waals surface area contributed by atoms with E-state index < -0.39 is 0 Å². The van der Waals surface area contributed by atoms with Gasteiger partial charge in [0.1, 0.15) is 0 Å². The lowest BCUT2D eigenvalue weighted by atomic mass is 10.0. The van der Waals surface area contributed by atoms with E-state index in [1.165, 1.54) is 0 Å². The predicted molar refractivity (Wildman–Crippen MR) is 89.3 cm³/mol. The van der Waals surface area contributed by atoms with Crippen LogP contribution in [0.25, 0.3) is 0 Å². The molecule has 0 heterocycles. The van der Waals surface area contributed by atoms with Gasteiger partial charge in [-0.25, -0.2) is 0 Å². The molecule has 0 fully saturated rings. The molecule has 0 saturated heterocycles. The van der Waals surface area contributed by atoms with Gasteiger partial charge in [0.25, 0.3) is 0 Å². The van der Waals surface area contributed by atoms with E-state index in [9.17, 15) is 4.79 Å². The predicted octanol–water partition coefficient (Wildman–Crippen LogP) is 4.78. The molecular formula is C17H26BrNO. The number of ketones is 1. The van der Waals surface area contributed by atoms with Crippen molar-refractivity contribution < 1.29 is 4.79 Å². The minimum absolute atomic E-state index is 0.199. The van der Waals surface area contributed by atoms with Crippen LogP contribution in [-0.4, -0.2) is 29.8 Å². The van der Waals surface area contributed by atoms with E-state index in [4.69, 9.17) is 0 Å². The van der Waals surface area contributed by atoms with Gasteiger partial charge in [-0.1, -0.05) is 61.8 Å². The maximum absolute atomic E-state index is 12.5. The second-order valence-corrected chi connectivity index (χ2v) is 6.55. The van der Waals surface area contributed by atoms with Crippen molar-refractivity contribution in [2.24, 2.45) is 5.92 Å². The first-order valence-electron chi connectivity index (χ1n) is 7.51. The smallest absolute Gasteiger partial charge is 0.177 e. The molecule has 0 aliphatic rings. The summed E-state index contributed by atoms with van der Waals surface area (Å²) < 4.78 is 0.888. The quantitative estimate of drug-likeness (QED) is 0.635. The zero-order valence-electron chi connectivity index (χ0n) is 13.0. The van der Waals surface area contributed by atoms with Crippen molar-refractivity contribution in [3.63, 3.8) is 0 Å². The number of benzene rings is 1. The summed E-state index contributed by atoms with van der Waals surface area (Å²) in [5, 5.41) is 0. The van der Waals surface area contributed by atoms with E-state index in [0.717, 1.165) is 29.4 Å². The van der Waals surface area contributed by atoms with E-state index in [-0.39, 0.29) is 5.78 Å². The summed E-state index contributed by atoms with van der Waals surface area (Å²) in [6, 6.07) is 8.17. The monoisotopic (exact) mass is 339 g/mol. The first-order valence-corrected chi connectivity index (χ1v) is 8.30. The zero-order chi connectivity index (χ0) is 15.1. The number of carbonyl (C=O) groups is 1. The van der Waals surface area contributed by atoms with Crippen LogP contribution >= 0.6 is 15.9 Å². The largest absolute Gasteiger partial charge is 0.293 e. The summed E-state index contributed by atoms with van der Waals surface area (Å²) in [7, 11) is 0. The molecule has 0 atom stereocenters. The Morgan fingerprint density at radius 2 is 1.80 bits per heavy atom. The lowest BCUT2D eigenvalue weighted by Gasteiger charge is -2.31. The number of halogens is 1. The third kappa shape index (κ3) is 5.02. The fourth-order valence-electron chi connectivity index (χ4n) is 2.57. The Morgan fingerprint density at radius 3 is 2.30 bits per heavy atom. The average molecular weight is 340 g/mol. The molecule has 1 aromatic rings. The van der Waals surface area contributed by atoms with Gasteiger partial charge in [0.05, 0.1) is 6.54 Å². The van der Waals surface area contributed by atoms with Gasteiger partial charge < -0.3 is 0 Å². The maximum Gasteiger partial charge on any atom is 0.177 e. The standard InChI is InChI=1S/C17H26BrNO/c1-5-14(6-2)19(11-13(3)4)12-17(20)15-9-7-8-10-16(15)18/h7-10,13-14H,5-6,11-12H2,1-4H3. The molecule has 0 bridgehead atoms. The summed E-state index contributed by atoms with van der Waals surface area (Å²) in [4.78, 5) is 14.9. The summed E-state index contributed by atoms with van der Waals surface area (Å²) >= 11 is 3.47. The second-order valence-electron chi connectivity index (χ2n) is 5.70. The number of hydrogen-bond acceptors (Lipinski definition) is 2. The van der Waals surface area contributed by atoms with Crippen molar-refractivity contribution in [1.29, 1.82) is 0 Å². The summed E-state index contributed by atoms with van der Waals surface area (Å²) in [5.41, 5.74) is 0.784. The Balaban J connectivity index is 2.84. The molecule has 0 N–H and O–H groups in total. The molecule has 0 spiro atoms. The highest BCUT2D eigenvalue weighted by atomic mass is 79.9. The van der Waals surface area contributed by atoms with E-state index in [2.05, 4.69) is 48.5 Å². The maximum atomic E-state index is 12.5. The molecule has 1 aromatic carbocycles. The van der Waals surface area contributed by atoms with Crippen LogP contribution in [0.1, 0.15) is 50.9 Å². The number of rotatable bonds is 8. The lowest BCUT2D eigenvalue weighted by Crippen LogP contribution is -2.40. The number of Topliss-reactive ketones (excluding diaryl/α,β-unsaturated/α-hetero) is 1. The van der Waals surface area contributed by atoms with Crippen molar-refractivity contribution in [3.05, 3.63) is 34.3 Å². The number of hydrogen-bond donors (Lipinski definition) is 0. The van der Waals surface area contributed by atoms with E-state index in [1.807, 2.05) is 24.3 Å². The van der Waals surface area contributed by atoms with Gasteiger partial charge in [-0.2, -0.15) is 0 Å². The van der Waals surface area contributed by atoms with Gasteiger partial charge in [-0.3, -0.25) is 9.69 Å². The van der Waals surface area contributed by atoms with Crippen LogP contribution in [0, 0.1) is 5.92 Å². The lowest BCUT2D eigenvalue weighted by molar-refractivity contribution is 0.0865. The van der Waals surface area contributed by atoms with Gasteiger partial charge in [-0.05, 0) is 24.8 Å². The minimum atomic E-state index is 0.199. The Kier molecular flexibility index (Phi) is 7.46. The van der Waals surface area contributed by atoms with Gasteiger partial charge in [-0.15, -0.1) is 0 Å². The molecule has 1 rings (SSSR count). The van der Waals surface area contributed by atoms with Crippen molar-refractivity contribution >= 4 is 21.7 Å². The van der Waals surface area contributed by atoms with Crippen LogP contribution in [0.15, 0.2) is 28.7 Å². The van der Waals surface area contributed by atoms with Crippen LogP contribution in [0.5, 0.6) is 0 Å². The van der Waals surface area contributed by atoms with Crippen molar-refractivity contribution in [1.82, 2.24) is 4.90 Å². The van der Waals surface area contributed by atoms with Crippen LogP contribution in [0.3, 0.4) is 0 Å². The fourth-order valence-corrected chi connectivity index (χ4v) is 3.08. The van der Waals surface area contributed by atoms with Gasteiger partial charge >= 0.3 is 0 Å². The van der Waals surface area contributed by atoms with Gasteiger partial charge in [0.15, 0.2) is 5.78 Å². The normalized spacial score (nSPS) is 11.6. The highest BCUT2D eigenvalue weighted by Gasteiger charge is 2.20. The molecule has 0 aliphatic heterocycles. The Hall–Kier alpha value is -0.670. The van der Waals surface area contributed by atoms with E-state index in [1.54, 1.807) is 0 Å². The van der Waals surface area contributed by atoms with Crippen LogP contribution < -0.4 is 0 Å². The molecule has 0 aromatic heterocycles. The minimum Gasteiger partial charge on any atom is -0.293 e. The van der Waals surface area contributed by atoms with Gasteiger partial charge in [0, 0.05) is 22.6 Å². The number of carbonyl (C=O) groups excluding carboxylic acids is 1. The molecule has 0 amide bonds. The van der Waals surface area contributed by atoms with Gasteiger partial charge in [0.2, 0.25) is 0 Å². The fraction of sp³-hybridized carbons (Fsp3) is 0.588. The Morgan fingerprint density at radius 1 is 1.20 bits per heavy atom. The van der Waals surface area contributed by atoms with Crippen molar-refractivity contribution in [2.75, 3.05) is 13.1 Å². The molecule has 112 valence electrons. The van der Waals surface area contributed by atoms with Crippen LogP contribution in [0.2, 0.25) is 0 Å². The van der Waals surface area contributed by atoms with E-state index in [0.29, 0.717) is 18.5 Å². The van der Waals surface area contributed by atoms with E-state index >= 15 is 0 Å². The Bertz CT molecular complexity index is 427. The topological polar surface area (TPSA) is 20.3 Å². The molecule has 3 heteroatoms. The Labute approximate surface area is 131 Å². The summed E-state index contributed by atoms with van der Waals surface area (Å²) in [6.07, 6.45) is 2.18.